The second kappa shape index (κ2) is 3.12. The van der Waals surface area contributed by atoms with E-state index in [1.165, 1.54) is 0 Å². The molecule has 0 unspecified atom stereocenters. The number of aliphatic carboxylic acids is 1. The van der Waals surface area contributed by atoms with Gasteiger partial charge in [-0.2, -0.15) is 0 Å². The van der Waals surface area contributed by atoms with E-state index in [4.69, 9.17) is 5.11 Å². The minimum absolute atomic E-state index is 0.837. The maximum Gasteiger partial charge on any atom is 0.328 e. The van der Waals surface area contributed by atoms with Crippen LogP contribution in [0.3, 0.4) is 0 Å². The zero-order valence-electron chi connectivity index (χ0n) is 8.03. The van der Waals surface area contributed by atoms with Gasteiger partial charge in [-0.15, -0.1) is 0 Å². The molecule has 72 valence electrons. The lowest BCUT2D eigenvalue weighted by molar-refractivity contribution is -0.142. The summed E-state index contributed by atoms with van der Waals surface area (Å²) in [6.07, 6.45) is 3.54. The molecule has 4 nitrogen and oxygen atoms in total. The van der Waals surface area contributed by atoms with Crippen molar-refractivity contribution in [1.29, 1.82) is 0 Å². The second-order valence-electron chi connectivity index (χ2n) is 3.49. The Kier molecular flexibility index (Phi) is 2.32. The molecule has 1 aromatic rings. The van der Waals surface area contributed by atoms with Gasteiger partial charge in [-0.25, -0.2) is 4.79 Å². The Labute approximate surface area is 77.2 Å². The lowest BCUT2D eigenvalue weighted by Gasteiger charge is -2.32. The molecular weight excluding hydrogens is 168 g/mol. The number of anilines is 1. The number of nitrogens with one attached hydrogen (secondary N) is 1. The first kappa shape index (κ1) is 9.64. The molecule has 1 aromatic heterocycles. The molecule has 13 heavy (non-hydrogen) atoms. The number of nitrogens with zero attached hydrogens (tertiary/aromatic N) is 1. The van der Waals surface area contributed by atoms with E-state index < -0.39 is 11.5 Å². The van der Waals surface area contributed by atoms with E-state index in [2.05, 4.69) is 4.98 Å². The summed E-state index contributed by atoms with van der Waals surface area (Å²) < 4.78 is 0. The minimum atomic E-state index is -0.887. The quantitative estimate of drug-likeness (QED) is 0.741. The van der Waals surface area contributed by atoms with Crippen molar-refractivity contribution in [2.45, 2.75) is 19.4 Å². The van der Waals surface area contributed by atoms with Gasteiger partial charge in [-0.1, -0.05) is 0 Å². The zero-order valence-corrected chi connectivity index (χ0v) is 8.03. The maximum absolute atomic E-state index is 10.9. The van der Waals surface area contributed by atoms with Gasteiger partial charge in [0, 0.05) is 19.4 Å². The van der Waals surface area contributed by atoms with Gasteiger partial charge in [0.2, 0.25) is 0 Å². The first-order chi connectivity index (χ1) is 5.96. The van der Waals surface area contributed by atoms with E-state index >= 15 is 0 Å². The van der Waals surface area contributed by atoms with Crippen LogP contribution in [0.1, 0.15) is 13.8 Å². The van der Waals surface area contributed by atoms with Gasteiger partial charge in [0.15, 0.2) is 0 Å². The molecule has 0 radical (unpaired) electrons. The topological polar surface area (TPSA) is 56.3 Å². The molecule has 0 aliphatic carbocycles. The number of aromatic nitrogens is 1. The van der Waals surface area contributed by atoms with Gasteiger partial charge < -0.3 is 15.0 Å². The Balaban J connectivity index is 2.90. The zero-order chi connectivity index (χ0) is 10.1. The number of likely N-dealkylation sites (N-methyl/N-ethyl adjacent to an activating group) is 1. The van der Waals surface area contributed by atoms with Crippen LogP contribution in [0.25, 0.3) is 0 Å². The van der Waals surface area contributed by atoms with Gasteiger partial charge in [0.1, 0.15) is 5.54 Å². The molecule has 0 atom stereocenters. The van der Waals surface area contributed by atoms with E-state index in [0.29, 0.717) is 0 Å². The molecule has 2 N–H and O–H groups in total. The predicted molar refractivity (Wildman–Crippen MR) is 50.9 cm³/mol. The number of hydrogen-bond donors (Lipinski definition) is 2. The average Bonchev–Trinajstić information content (AvgIpc) is 2.54. The van der Waals surface area contributed by atoms with Crippen LogP contribution in [-0.2, 0) is 4.79 Å². The molecule has 0 bridgehead atoms. The largest absolute Gasteiger partial charge is 0.480 e. The number of H-pyrrole nitrogens is 1. The summed E-state index contributed by atoms with van der Waals surface area (Å²) in [5, 5.41) is 8.96. The molecule has 0 saturated carbocycles. The van der Waals surface area contributed by atoms with Crippen LogP contribution >= 0.6 is 0 Å². The lowest BCUT2D eigenvalue weighted by Crippen LogP contribution is -2.48. The van der Waals surface area contributed by atoms with Crippen molar-refractivity contribution in [1.82, 2.24) is 4.98 Å². The van der Waals surface area contributed by atoms with Crippen molar-refractivity contribution >= 4 is 11.7 Å². The van der Waals surface area contributed by atoms with E-state index in [1.807, 2.05) is 6.07 Å². The molecule has 0 fully saturated rings. The molecule has 0 saturated heterocycles. The molecule has 1 rings (SSSR count). The smallest absolute Gasteiger partial charge is 0.328 e. The van der Waals surface area contributed by atoms with Crippen LogP contribution in [0.4, 0.5) is 5.69 Å². The number of carboxylic acid groups (broad SMARTS) is 1. The van der Waals surface area contributed by atoms with Crippen LogP contribution in [0.5, 0.6) is 0 Å². The van der Waals surface area contributed by atoms with Crippen molar-refractivity contribution < 1.29 is 9.90 Å². The molecular formula is C9H14N2O2. The predicted octanol–water partition coefficient (Wildman–Crippen LogP) is 1.31. The fourth-order valence-corrected chi connectivity index (χ4v) is 0.990. The Hall–Kier alpha value is -1.45. The molecule has 0 aliphatic heterocycles. The van der Waals surface area contributed by atoms with Crippen molar-refractivity contribution in [3.63, 3.8) is 0 Å². The maximum atomic E-state index is 10.9. The van der Waals surface area contributed by atoms with Gasteiger partial charge in [0.05, 0.1) is 5.69 Å². The van der Waals surface area contributed by atoms with E-state index in [-0.39, 0.29) is 0 Å². The highest BCUT2D eigenvalue weighted by Crippen LogP contribution is 2.21. The molecule has 0 aromatic carbocycles. The van der Waals surface area contributed by atoms with Crippen molar-refractivity contribution in [3.05, 3.63) is 18.5 Å². The first-order valence-electron chi connectivity index (χ1n) is 4.06. The highest BCUT2D eigenvalue weighted by Gasteiger charge is 2.32. The normalized spacial score (nSPS) is 11.3. The molecule has 1 heterocycles. The van der Waals surface area contributed by atoms with Gasteiger partial charge in [0.25, 0.3) is 0 Å². The number of rotatable bonds is 3. The standard InChI is InChI=1S/C9H14N2O2/c1-9(2,8(12)13)11(3)7-4-5-10-6-7/h4-6,10H,1-3H3,(H,12,13). The average molecular weight is 182 g/mol. The number of carbonyl (C=O) groups is 1. The summed E-state index contributed by atoms with van der Waals surface area (Å²) in [7, 11) is 1.76. The van der Waals surface area contributed by atoms with Crippen LogP contribution in [0.15, 0.2) is 18.5 Å². The van der Waals surface area contributed by atoms with Crippen molar-refractivity contribution in [2.75, 3.05) is 11.9 Å². The fraction of sp³-hybridized carbons (Fsp3) is 0.444. The third-order valence-corrected chi connectivity index (χ3v) is 2.33. The summed E-state index contributed by atoms with van der Waals surface area (Å²) in [5.41, 5.74) is -0.0187. The van der Waals surface area contributed by atoms with Crippen molar-refractivity contribution in [2.24, 2.45) is 0 Å². The SMILES string of the molecule is CN(c1cc[nH]c1)C(C)(C)C(=O)O. The molecule has 0 aliphatic rings. The molecule has 0 amide bonds. The Bertz CT molecular complexity index is 291. The highest BCUT2D eigenvalue weighted by atomic mass is 16.4. The summed E-state index contributed by atoms with van der Waals surface area (Å²) in [4.78, 5) is 15.5. The van der Waals surface area contributed by atoms with Crippen LogP contribution in [0.2, 0.25) is 0 Å². The molecule has 4 heteroatoms. The molecule has 0 spiro atoms. The third-order valence-electron chi connectivity index (χ3n) is 2.33. The number of aromatic amines is 1. The van der Waals surface area contributed by atoms with E-state index in [9.17, 15) is 4.79 Å². The monoisotopic (exact) mass is 182 g/mol. The van der Waals surface area contributed by atoms with Crippen LogP contribution in [0, 0.1) is 0 Å². The van der Waals surface area contributed by atoms with Crippen LogP contribution < -0.4 is 4.90 Å². The number of hydrogen-bond acceptors (Lipinski definition) is 2. The first-order valence-corrected chi connectivity index (χ1v) is 4.06. The van der Waals surface area contributed by atoms with Crippen LogP contribution in [-0.4, -0.2) is 28.6 Å². The van der Waals surface area contributed by atoms with E-state index in [0.717, 1.165) is 5.69 Å². The van der Waals surface area contributed by atoms with E-state index in [1.54, 1.807) is 38.2 Å². The highest BCUT2D eigenvalue weighted by molar-refractivity contribution is 5.82. The van der Waals surface area contributed by atoms with Gasteiger partial charge in [-0.3, -0.25) is 0 Å². The minimum Gasteiger partial charge on any atom is -0.480 e. The second-order valence-corrected chi connectivity index (χ2v) is 3.49. The summed E-state index contributed by atoms with van der Waals surface area (Å²) in [6.45, 7) is 3.34. The fourth-order valence-electron chi connectivity index (χ4n) is 0.990. The Morgan fingerprint density at radius 2 is 2.23 bits per heavy atom. The summed E-state index contributed by atoms with van der Waals surface area (Å²) in [5.74, 6) is -0.837. The summed E-state index contributed by atoms with van der Waals surface area (Å²) >= 11 is 0. The third kappa shape index (κ3) is 1.66. The van der Waals surface area contributed by atoms with Crippen molar-refractivity contribution in [3.8, 4) is 0 Å². The summed E-state index contributed by atoms with van der Waals surface area (Å²) in [6, 6.07) is 1.84. The Morgan fingerprint density at radius 1 is 1.62 bits per heavy atom. The van der Waals surface area contributed by atoms with Gasteiger partial charge >= 0.3 is 5.97 Å². The number of carboxylic acids is 1. The lowest BCUT2D eigenvalue weighted by atomic mass is 10.0. The van der Waals surface area contributed by atoms with Gasteiger partial charge in [-0.05, 0) is 19.9 Å². The Morgan fingerprint density at radius 3 is 2.62 bits per heavy atom.